The summed E-state index contributed by atoms with van der Waals surface area (Å²) >= 11 is 0. The Kier molecular flexibility index (Phi) is 3.72. The van der Waals surface area contributed by atoms with Crippen LogP contribution in [-0.2, 0) is 0 Å². The molecule has 1 aliphatic carbocycles. The third kappa shape index (κ3) is 2.63. The van der Waals surface area contributed by atoms with Crippen LogP contribution in [0.1, 0.15) is 45.1 Å². The van der Waals surface area contributed by atoms with Gasteiger partial charge in [0, 0.05) is 6.04 Å². The standard InChI is InChI=1S/C15H23NO/c1-4-13-14(9-15(13)16)11-5-7-12(8-6-11)17-10(2)3/h5-8,10,13-15H,4,9,16H2,1-3H3. The van der Waals surface area contributed by atoms with Gasteiger partial charge in [0.25, 0.3) is 0 Å². The summed E-state index contributed by atoms with van der Waals surface area (Å²) in [7, 11) is 0. The number of benzene rings is 1. The normalized spacial score (nSPS) is 27.9. The molecule has 2 rings (SSSR count). The van der Waals surface area contributed by atoms with Gasteiger partial charge in [-0.3, -0.25) is 0 Å². The van der Waals surface area contributed by atoms with Crippen LogP contribution < -0.4 is 10.5 Å². The third-order valence-corrected chi connectivity index (χ3v) is 3.74. The summed E-state index contributed by atoms with van der Waals surface area (Å²) in [4.78, 5) is 0. The lowest BCUT2D eigenvalue weighted by atomic mass is 9.65. The second-order valence-corrected chi connectivity index (χ2v) is 5.31. The molecule has 0 heterocycles. The monoisotopic (exact) mass is 233 g/mol. The highest BCUT2D eigenvalue weighted by Gasteiger charge is 2.37. The van der Waals surface area contributed by atoms with Crippen molar-refractivity contribution in [1.29, 1.82) is 0 Å². The maximum atomic E-state index is 6.03. The Bertz CT molecular complexity index is 358. The highest BCUT2D eigenvalue weighted by Crippen LogP contribution is 2.43. The van der Waals surface area contributed by atoms with Crippen LogP contribution in [0.5, 0.6) is 5.75 Å². The molecular weight excluding hydrogens is 210 g/mol. The summed E-state index contributed by atoms with van der Waals surface area (Å²) in [6, 6.07) is 8.93. The fourth-order valence-electron chi connectivity index (χ4n) is 2.78. The van der Waals surface area contributed by atoms with E-state index in [2.05, 4.69) is 31.2 Å². The number of rotatable bonds is 4. The van der Waals surface area contributed by atoms with Gasteiger partial charge in [0.1, 0.15) is 5.75 Å². The van der Waals surface area contributed by atoms with Gasteiger partial charge in [-0.15, -0.1) is 0 Å². The molecule has 17 heavy (non-hydrogen) atoms. The summed E-state index contributed by atoms with van der Waals surface area (Å²) in [5, 5.41) is 0. The minimum absolute atomic E-state index is 0.237. The SMILES string of the molecule is CCC1C(N)CC1c1ccc(OC(C)C)cc1. The summed E-state index contributed by atoms with van der Waals surface area (Å²) in [5.41, 5.74) is 7.44. The number of hydrogen-bond donors (Lipinski definition) is 1. The fourth-order valence-corrected chi connectivity index (χ4v) is 2.78. The molecule has 1 saturated carbocycles. The maximum absolute atomic E-state index is 6.03. The fraction of sp³-hybridized carbons (Fsp3) is 0.600. The van der Waals surface area contributed by atoms with E-state index in [1.165, 1.54) is 12.0 Å². The van der Waals surface area contributed by atoms with Crippen LogP contribution >= 0.6 is 0 Å². The van der Waals surface area contributed by atoms with Gasteiger partial charge >= 0.3 is 0 Å². The topological polar surface area (TPSA) is 35.2 Å². The summed E-state index contributed by atoms with van der Waals surface area (Å²) in [6.07, 6.45) is 2.54. The summed E-state index contributed by atoms with van der Waals surface area (Å²) in [6.45, 7) is 6.32. The van der Waals surface area contributed by atoms with Crippen LogP contribution in [0.25, 0.3) is 0 Å². The lowest BCUT2D eigenvalue weighted by molar-refractivity contribution is 0.198. The van der Waals surface area contributed by atoms with Gasteiger partial charge in [-0.25, -0.2) is 0 Å². The predicted molar refractivity (Wildman–Crippen MR) is 71.3 cm³/mol. The molecule has 0 radical (unpaired) electrons. The molecule has 94 valence electrons. The molecule has 2 heteroatoms. The van der Waals surface area contributed by atoms with E-state index in [0.29, 0.717) is 17.9 Å². The first-order valence-corrected chi connectivity index (χ1v) is 6.64. The van der Waals surface area contributed by atoms with E-state index in [1.807, 2.05) is 13.8 Å². The van der Waals surface area contributed by atoms with Gasteiger partial charge in [0.15, 0.2) is 0 Å². The molecule has 0 saturated heterocycles. The lowest BCUT2D eigenvalue weighted by Gasteiger charge is -2.42. The molecule has 1 fully saturated rings. The van der Waals surface area contributed by atoms with Crippen molar-refractivity contribution in [3.05, 3.63) is 29.8 Å². The average Bonchev–Trinajstić information content (AvgIpc) is 2.27. The minimum atomic E-state index is 0.237. The van der Waals surface area contributed by atoms with Crippen molar-refractivity contribution in [3.63, 3.8) is 0 Å². The maximum Gasteiger partial charge on any atom is 0.119 e. The van der Waals surface area contributed by atoms with E-state index in [9.17, 15) is 0 Å². The highest BCUT2D eigenvalue weighted by molar-refractivity contribution is 5.32. The van der Waals surface area contributed by atoms with Crippen molar-refractivity contribution in [2.24, 2.45) is 11.7 Å². The number of hydrogen-bond acceptors (Lipinski definition) is 2. The van der Waals surface area contributed by atoms with Gasteiger partial charge in [-0.2, -0.15) is 0 Å². The first kappa shape index (κ1) is 12.4. The van der Waals surface area contributed by atoms with E-state index in [0.717, 1.165) is 12.2 Å². The van der Waals surface area contributed by atoms with E-state index < -0.39 is 0 Å². The first-order valence-electron chi connectivity index (χ1n) is 6.64. The van der Waals surface area contributed by atoms with E-state index in [-0.39, 0.29) is 6.10 Å². The number of ether oxygens (including phenoxy) is 1. The Morgan fingerprint density at radius 1 is 1.29 bits per heavy atom. The molecule has 2 N–H and O–H groups in total. The highest BCUT2D eigenvalue weighted by atomic mass is 16.5. The van der Waals surface area contributed by atoms with Crippen LogP contribution in [0.3, 0.4) is 0 Å². The lowest BCUT2D eigenvalue weighted by Crippen LogP contribution is -2.45. The van der Waals surface area contributed by atoms with E-state index >= 15 is 0 Å². The Morgan fingerprint density at radius 3 is 2.41 bits per heavy atom. The molecule has 0 spiro atoms. The third-order valence-electron chi connectivity index (χ3n) is 3.74. The van der Waals surface area contributed by atoms with Crippen LogP contribution in [-0.4, -0.2) is 12.1 Å². The largest absolute Gasteiger partial charge is 0.491 e. The van der Waals surface area contributed by atoms with Gasteiger partial charge in [0.05, 0.1) is 6.10 Å². The molecule has 0 aromatic heterocycles. The average molecular weight is 233 g/mol. The Balaban J connectivity index is 2.03. The van der Waals surface area contributed by atoms with E-state index in [1.54, 1.807) is 0 Å². The van der Waals surface area contributed by atoms with Crippen LogP contribution in [0, 0.1) is 5.92 Å². The van der Waals surface area contributed by atoms with Crippen molar-refractivity contribution in [2.75, 3.05) is 0 Å². The molecule has 2 nitrogen and oxygen atoms in total. The van der Waals surface area contributed by atoms with Crippen LogP contribution in [0.2, 0.25) is 0 Å². The molecule has 1 aromatic carbocycles. The molecule has 0 bridgehead atoms. The zero-order valence-corrected chi connectivity index (χ0v) is 11.0. The molecule has 1 aliphatic rings. The predicted octanol–water partition coefficient (Wildman–Crippen LogP) is 3.31. The van der Waals surface area contributed by atoms with Crippen LogP contribution in [0.4, 0.5) is 0 Å². The Labute approximate surface area is 104 Å². The van der Waals surface area contributed by atoms with Gasteiger partial charge in [0.2, 0.25) is 0 Å². The molecule has 3 unspecified atom stereocenters. The van der Waals surface area contributed by atoms with Crippen LogP contribution in [0.15, 0.2) is 24.3 Å². The summed E-state index contributed by atoms with van der Waals surface area (Å²) in [5.74, 6) is 2.27. The zero-order chi connectivity index (χ0) is 12.4. The molecule has 0 amide bonds. The second kappa shape index (κ2) is 5.09. The molecule has 1 aromatic rings. The summed E-state index contributed by atoms with van der Waals surface area (Å²) < 4.78 is 5.65. The minimum Gasteiger partial charge on any atom is -0.491 e. The Morgan fingerprint density at radius 2 is 1.94 bits per heavy atom. The van der Waals surface area contributed by atoms with Crippen molar-refractivity contribution in [3.8, 4) is 5.75 Å². The smallest absolute Gasteiger partial charge is 0.119 e. The van der Waals surface area contributed by atoms with Gasteiger partial charge in [-0.1, -0.05) is 25.5 Å². The quantitative estimate of drug-likeness (QED) is 0.866. The van der Waals surface area contributed by atoms with E-state index in [4.69, 9.17) is 10.5 Å². The number of nitrogens with two attached hydrogens (primary N) is 1. The van der Waals surface area contributed by atoms with Gasteiger partial charge in [-0.05, 0) is 49.8 Å². The first-order chi connectivity index (χ1) is 8.11. The van der Waals surface area contributed by atoms with Crippen molar-refractivity contribution < 1.29 is 4.74 Å². The van der Waals surface area contributed by atoms with Crippen molar-refractivity contribution in [2.45, 2.75) is 51.7 Å². The second-order valence-electron chi connectivity index (χ2n) is 5.31. The Hall–Kier alpha value is -1.02. The molecular formula is C15H23NO. The molecule has 0 aliphatic heterocycles. The van der Waals surface area contributed by atoms with Gasteiger partial charge < -0.3 is 10.5 Å². The molecule has 3 atom stereocenters. The van der Waals surface area contributed by atoms with Crippen molar-refractivity contribution in [1.82, 2.24) is 0 Å². The van der Waals surface area contributed by atoms with Crippen molar-refractivity contribution >= 4 is 0 Å². The zero-order valence-electron chi connectivity index (χ0n) is 11.0.